The Morgan fingerprint density at radius 1 is 1.24 bits per heavy atom. The summed E-state index contributed by atoms with van der Waals surface area (Å²) in [6, 6.07) is 3.64. The monoisotopic (exact) mass is 331 g/mol. The highest BCUT2D eigenvalue weighted by Crippen LogP contribution is 2.27. The summed E-state index contributed by atoms with van der Waals surface area (Å²) in [7, 11) is 0. The minimum atomic E-state index is -0.666. The Morgan fingerprint density at radius 2 is 1.90 bits per heavy atom. The average molecular weight is 332 g/mol. The first-order chi connectivity index (χ1) is 9.62. The maximum absolute atomic E-state index is 11.9. The lowest BCUT2D eigenvalue weighted by Crippen LogP contribution is -2.52. The van der Waals surface area contributed by atoms with Crippen LogP contribution in [0.5, 0.6) is 0 Å². The van der Waals surface area contributed by atoms with Gasteiger partial charge in [-0.2, -0.15) is 0 Å². The molecule has 7 heteroatoms. The molecule has 1 saturated carbocycles. The quantitative estimate of drug-likeness (QED) is 0.693. The van der Waals surface area contributed by atoms with Crippen molar-refractivity contribution in [1.82, 2.24) is 10.6 Å². The van der Waals surface area contributed by atoms with Gasteiger partial charge in [0, 0.05) is 13.1 Å². The summed E-state index contributed by atoms with van der Waals surface area (Å²) in [4.78, 5) is 24.3. The van der Waals surface area contributed by atoms with E-state index in [-0.39, 0.29) is 24.2 Å². The normalized spacial score (nSPS) is 16.0. The smallest absolute Gasteiger partial charge is 0.261 e. The average Bonchev–Trinajstić information content (AvgIpc) is 3.09. The molecule has 0 spiro atoms. The van der Waals surface area contributed by atoms with E-state index < -0.39 is 5.54 Å². The number of thiophene rings is 1. The van der Waals surface area contributed by atoms with Gasteiger partial charge in [-0.05, 0) is 30.7 Å². The molecule has 0 bridgehead atoms. The van der Waals surface area contributed by atoms with Crippen LogP contribution >= 0.6 is 23.7 Å². The predicted octanol–water partition coefficient (Wildman–Crippen LogP) is 1.68. The predicted molar refractivity (Wildman–Crippen MR) is 86.9 cm³/mol. The number of nitrogens with two attached hydrogens (primary N) is 1. The Balaban J connectivity index is 0.00000220. The minimum Gasteiger partial charge on any atom is -0.354 e. The van der Waals surface area contributed by atoms with Crippen molar-refractivity contribution < 1.29 is 9.59 Å². The molecule has 0 aromatic carbocycles. The molecular weight excluding hydrogens is 310 g/mol. The van der Waals surface area contributed by atoms with Crippen molar-refractivity contribution in [3.05, 3.63) is 22.4 Å². The molecule has 0 unspecified atom stereocenters. The molecule has 0 aliphatic heterocycles. The van der Waals surface area contributed by atoms with Crippen molar-refractivity contribution in [2.45, 2.75) is 37.6 Å². The molecule has 1 heterocycles. The number of amides is 2. The Bertz CT molecular complexity index is 459. The zero-order valence-corrected chi connectivity index (χ0v) is 13.5. The second-order valence-corrected chi connectivity index (χ2v) is 6.15. The standard InChI is InChI=1S/C14H21N3O2S.ClH/c15-14(6-1-2-7-14)13(19)17-9-4-8-16-12(18)11-5-3-10-20-11;/h3,5,10H,1-2,4,6-9,15H2,(H,16,18)(H,17,19);1H. The molecule has 0 atom stereocenters. The molecule has 21 heavy (non-hydrogen) atoms. The molecule has 1 aromatic heterocycles. The van der Waals surface area contributed by atoms with Crippen LogP contribution in [-0.2, 0) is 4.79 Å². The molecular formula is C14H22ClN3O2S. The maximum Gasteiger partial charge on any atom is 0.261 e. The third kappa shape index (κ3) is 4.98. The van der Waals surface area contributed by atoms with Crippen molar-refractivity contribution in [1.29, 1.82) is 0 Å². The highest BCUT2D eigenvalue weighted by Gasteiger charge is 2.36. The highest BCUT2D eigenvalue weighted by atomic mass is 35.5. The molecule has 4 N–H and O–H groups in total. The van der Waals surface area contributed by atoms with Crippen LogP contribution in [0.25, 0.3) is 0 Å². The van der Waals surface area contributed by atoms with E-state index in [1.807, 2.05) is 11.4 Å². The van der Waals surface area contributed by atoms with Crippen LogP contribution < -0.4 is 16.4 Å². The van der Waals surface area contributed by atoms with Gasteiger partial charge in [0.1, 0.15) is 0 Å². The van der Waals surface area contributed by atoms with Gasteiger partial charge in [0.2, 0.25) is 5.91 Å². The fourth-order valence-corrected chi connectivity index (χ4v) is 3.04. The van der Waals surface area contributed by atoms with Crippen LogP contribution in [-0.4, -0.2) is 30.4 Å². The minimum absolute atomic E-state index is 0. The van der Waals surface area contributed by atoms with E-state index in [0.29, 0.717) is 24.4 Å². The fourth-order valence-electron chi connectivity index (χ4n) is 2.40. The zero-order chi connectivity index (χ0) is 14.4. The summed E-state index contributed by atoms with van der Waals surface area (Å²) < 4.78 is 0. The van der Waals surface area contributed by atoms with E-state index >= 15 is 0 Å². The number of hydrogen-bond donors (Lipinski definition) is 3. The van der Waals surface area contributed by atoms with Crippen molar-refractivity contribution in [2.75, 3.05) is 13.1 Å². The lowest BCUT2D eigenvalue weighted by molar-refractivity contribution is -0.126. The number of carbonyl (C=O) groups is 2. The van der Waals surface area contributed by atoms with Crippen molar-refractivity contribution in [3.8, 4) is 0 Å². The first-order valence-electron chi connectivity index (χ1n) is 7.01. The van der Waals surface area contributed by atoms with E-state index in [1.54, 1.807) is 6.07 Å². The van der Waals surface area contributed by atoms with Crippen LogP contribution in [0.15, 0.2) is 17.5 Å². The van der Waals surface area contributed by atoms with E-state index in [1.165, 1.54) is 11.3 Å². The number of carbonyl (C=O) groups excluding carboxylic acids is 2. The largest absolute Gasteiger partial charge is 0.354 e. The Hall–Kier alpha value is -1.11. The number of halogens is 1. The molecule has 5 nitrogen and oxygen atoms in total. The van der Waals surface area contributed by atoms with Crippen LogP contribution in [0.1, 0.15) is 41.8 Å². The van der Waals surface area contributed by atoms with Gasteiger partial charge in [0.15, 0.2) is 0 Å². The lowest BCUT2D eigenvalue weighted by atomic mass is 9.98. The second-order valence-electron chi connectivity index (χ2n) is 5.21. The van der Waals surface area contributed by atoms with E-state index in [2.05, 4.69) is 10.6 Å². The van der Waals surface area contributed by atoms with Gasteiger partial charge in [-0.1, -0.05) is 18.9 Å². The summed E-state index contributed by atoms with van der Waals surface area (Å²) in [5, 5.41) is 7.56. The van der Waals surface area contributed by atoms with Crippen molar-refractivity contribution >= 4 is 35.6 Å². The van der Waals surface area contributed by atoms with Gasteiger partial charge in [-0.3, -0.25) is 9.59 Å². The Labute approximate surface area is 135 Å². The first kappa shape index (κ1) is 17.9. The molecule has 2 rings (SSSR count). The van der Waals surface area contributed by atoms with Crippen LogP contribution in [0, 0.1) is 0 Å². The van der Waals surface area contributed by atoms with Gasteiger partial charge < -0.3 is 16.4 Å². The highest BCUT2D eigenvalue weighted by molar-refractivity contribution is 7.12. The Morgan fingerprint density at radius 3 is 2.52 bits per heavy atom. The second kappa shape index (κ2) is 8.36. The molecule has 0 saturated heterocycles. The van der Waals surface area contributed by atoms with Gasteiger partial charge >= 0.3 is 0 Å². The summed E-state index contributed by atoms with van der Waals surface area (Å²) in [6.07, 6.45) is 4.31. The van der Waals surface area contributed by atoms with Crippen molar-refractivity contribution in [2.24, 2.45) is 5.73 Å². The SMILES string of the molecule is Cl.NC1(C(=O)NCCCNC(=O)c2cccs2)CCCC1. The zero-order valence-electron chi connectivity index (χ0n) is 11.9. The van der Waals surface area contributed by atoms with Gasteiger partial charge in [0.05, 0.1) is 10.4 Å². The van der Waals surface area contributed by atoms with Gasteiger partial charge in [-0.25, -0.2) is 0 Å². The lowest BCUT2D eigenvalue weighted by Gasteiger charge is -2.22. The molecule has 118 valence electrons. The maximum atomic E-state index is 11.9. The molecule has 1 aromatic rings. The molecule has 1 aliphatic rings. The van der Waals surface area contributed by atoms with Crippen LogP contribution in [0.4, 0.5) is 0 Å². The summed E-state index contributed by atoms with van der Waals surface area (Å²) in [5.74, 6) is -0.114. The summed E-state index contributed by atoms with van der Waals surface area (Å²) in [6.45, 7) is 1.09. The fraction of sp³-hybridized carbons (Fsp3) is 0.571. The van der Waals surface area contributed by atoms with Gasteiger partial charge in [0.25, 0.3) is 5.91 Å². The first-order valence-corrected chi connectivity index (χ1v) is 7.89. The van der Waals surface area contributed by atoms with E-state index in [4.69, 9.17) is 5.73 Å². The molecule has 2 amide bonds. The number of nitrogens with one attached hydrogen (secondary N) is 2. The van der Waals surface area contributed by atoms with Gasteiger partial charge in [-0.15, -0.1) is 23.7 Å². The summed E-state index contributed by atoms with van der Waals surface area (Å²) in [5.41, 5.74) is 5.38. The van der Waals surface area contributed by atoms with E-state index in [9.17, 15) is 9.59 Å². The topological polar surface area (TPSA) is 84.2 Å². The third-order valence-corrected chi connectivity index (χ3v) is 4.49. The number of hydrogen-bond acceptors (Lipinski definition) is 4. The summed E-state index contributed by atoms with van der Waals surface area (Å²) >= 11 is 1.42. The van der Waals surface area contributed by atoms with Crippen LogP contribution in [0.2, 0.25) is 0 Å². The molecule has 0 radical (unpaired) electrons. The van der Waals surface area contributed by atoms with Crippen molar-refractivity contribution in [3.63, 3.8) is 0 Å². The Kier molecular flexibility index (Phi) is 7.14. The van der Waals surface area contributed by atoms with E-state index in [0.717, 1.165) is 25.7 Å². The number of rotatable bonds is 6. The molecule has 1 aliphatic carbocycles. The third-order valence-electron chi connectivity index (χ3n) is 3.62. The van der Waals surface area contributed by atoms with Crippen LogP contribution in [0.3, 0.4) is 0 Å². The molecule has 1 fully saturated rings.